The summed E-state index contributed by atoms with van der Waals surface area (Å²) in [5.74, 6) is 0.583. The number of rotatable bonds is 3. The summed E-state index contributed by atoms with van der Waals surface area (Å²) in [6.45, 7) is 0.663. The van der Waals surface area contributed by atoms with Crippen LogP contribution < -0.4 is 11.1 Å². The van der Waals surface area contributed by atoms with Crippen LogP contribution in [-0.2, 0) is 4.74 Å². The number of ether oxygens (including phenoxy) is 1. The van der Waals surface area contributed by atoms with Gasteiger partial charge in [0, 0.05) is 6.04 Å². The van der Waals surface area contributed by atoms with Crippen molar-refractivity contribution in [2.75, 3.05) is 6.54 Å². The number of nitrogens with two attached hydrogens (primary N) is 1. The highest BCUT2D eigenvalue weighted by Gasteiger charge is 2.13. The molecule has 1 saturated carbocycles. The Kier molecular flexibility index (Phi) is 5.36. The van der Waals surface area contributed by atoms with Crippen molar-refractivity contribution < 1.29 is 4.74 Å². The number of nitrogens with zero attached hydrogens (tertiary/aromatic N) is 1. The fourth-order valence-electron chi connectivity index (χ4n) is 2.60. The maximum Gasteiger partial charge on any atom is 0.188 e. The first-order valence-electron chi connectivity index (χ1n) is 7.21. The Labute approximate surface area is 110 Å². The van der Waals surface area contributed by atoms with Crippen molar-refractivity contribution in [1.82, 2.24) is 5.32 Å². The van der Waals surface area contributed by atoms with Gasteiger partial charge in [-0.15, -0.1) is 0 Å². The monoisotopic (exact) mass is 251 g/mol. The van der Waals surface area contributed by atoms with Gasteiger partial charge < -0.3 is 15.8 Å². The fraction of sp³-hybridized carbons (Fsp3) is 0.786. The Morgan fingerprint density at radius 3 is 2.67 bits per heavy atom. The SMILES string of the molecule is NC(=NCC1CCC=CO1)NC1CCCCCC1. The summed E-state index contributed by atoms with van der Waals surface area (Å²) in [6.07, 6.45) is 13.9. The van der Waals surface area contributed by atoms with Gasteiger partial charge >= 0.3 is 0 Å². The molecule has 0 aromatic rings. The minimum Gasteiger partial charge on any atom is -0.496 e. The van der Waals surface area contributed by atoms with Gasteiger partial charge in [-0.1, -0.05) is 25.7 Å². The molecule has 2 rings (SSSR count). The first-order chi connectivity index (χ1) is 8.84. The van der Waals surface area contributed by atoms with E-state index in [9.17, 15) is 0 Å². The molecule has 0 radical (unpaired) electrons. The lowest BCUT2D eigenvalue weighted by atomic mass is 10.1. The van der Waals surface area contributed by atoms with Crippen molar-refractivity contribution in [2.45, 2.75) is 63.5 Å². The van der Waals surface area contributed by atoms with E-state index >= 15 is 0 Å². The van der Waals surface area contributed by atoms with Gasteiger partial charge in [-0.2, -0.15) is 0 Å². The Morgan fingerprint density at radius 1 is 1.22 bits per heavy atom. The second kappa shape index (κ2) is 7.29. The van der Waals surface area contributed by atoms with E-state index in [1.165, 1.54) is 38.5 Å². The largest absolute Gasteiger partial charge is 0.496 e. The number of hydrogen-bond acceptors (Lipinski definition) is 2. The first-order valence-corrected chi connectivity index (χ1v) is 7.21. The number of guanidine groups is 1. The van der Waals surface area contributed by atoms with Crippen molar-refractivity contribution in [1.29, 1.82) is 0 Å². The van der Waals surface area contributed by atoms with Crippen LogP contribution in [0.5, 0.6) is 0 Å². The number of allylic oxidation sites excluding steroid dienone is 1. The van der Waals surface area contributed by atoms with Crippen LogP contribution in [0.25, 0.3) is 0 Å². The molecule has 1 atom stereocenters. The maximum atomic E-state index is 5.94. The normalized spacial score (nSPS) is 26.4. The molecule has 3 N–H and O–H groups in total. The molecular formula is C14H25N3O. The highest BCUT2D eigenvalue weighted by Crippen LogP contribution is 2.17. The lowest BCUT2D eigenvalue weighted by molar-refractivity contribution is 0.131. The van der Waals surface area contributed by atoms with Crippen molar-refractivity contribution in [3.8, 4) is 0 Å². The van der Waals surface area contributed by atoms with E-state index in [1.807, 2.05) is 6.08 Å². The zero-order valence-corrected chi connectivity index (χ0v) is 11.1. The molecule has 0 aromatic carbocycles. The second-order valence-electron chi connectivity index (χ2n) is 5.27. The van der Waals surface area contributed by atoms with Gasteiger partial charge in [0.2, 0.25) is 0 Å². The van der Waals surface area contributed by atoms with Crippen molar-refractivity contribution in [2.24, 2.45) is 10.7 Å². The Balaban J connectivity index is 1.72. The molecule has 1 unspecified atom stereocenters. The molecule has 1 fully saturated rings. The van der Waals surface area contributed by atoms with Gasteiger partial charge in [0.15, 0.2) is 5.96 Å². The van der Waals surface area contributed by atoms with Gasteiger partial charge in [-0.25, -0.2) is 4.99 Å². The van der Waals surface area contributed by atoms with Crippen LogP contribution in [0.4, 0.5) is 0 Å². The molecule has 0 bridgehead atoms. The fourth-order valence-corrected chi connectivity index (χ4v) is 2.60. The standard InChI is InChI=1S/C14H25N3O/c15-14(16-11-13-9-5-6-10-18-13)17-12-7-3-1-2-4-8-12/h6,10,12-13H,1-5,7-9,11H2,(H3,15,16,17). The van der Waals surface area contributed by atoms with Gasteiger partial charge in [-0.05, 0) is 31.8 Å². The number of hydrogen-bond donors (Lipinski definition) is 2. The average molecular weight is 251 g/mol. The van der Waals surface area contributed by atoms with Gasteiger partial charge in [0.25, 0.3) is 0 Å². The molecule has 4 nitrogen and oxygen atoms in total. The van der Waals surface area contributed by atoms with Crippen LogP contribution in [0.2, 0.25) is 0 Å². The first kappa shape index (κ1) is 13.2. The predicted octanol–water partition coefficient (Wildman–Crippen LogP) is 2.31. The summed E-state index contributed by atoms with van der Waals surface area (Å²) in [4.78, 5) is 4.40. The molecule has 1 aliphatic carbocycles. The topological polar surface area (TPSA) is 59.6 Å². The third kappa shape index (κ3) is 4.59. The molecule has 1 aliphatic heterocycles. The van der Waals surface area contributed by atoms with E-state index in [4.69, 9.17) is 10.5 Å². The van der Waals surface area contributed by atoms with Gasteiger partial charge in [0.1, 0.15) is 6.10 Å². The average Bonchev–Trinajstić information content (AvgIpc) is 2.66. The third-order valence-corrected chi connectivity index (χ3v) is 3.69. The Bertz CT molecular complexity index is 293. The van der Waals surface area contributed by atoms with Crippen molar-refractivity contribution >= 4 is 5.96 Å². The predicted molar refractivity (Wildman–Crippen MR) is 74.4 cm³/mol. The quantitative estimate of drug-likeness (QED) is 0.460. The minimum atomic E-state index is 0.199. The van der Waals surface area contributed by atoms with Crippen LogP contribution in [0.15, 0.2) is 17.3 Å². The molecule has 0 spiro atoms. The summed E-state index contributed by atoms with van der Waals surface area (Å²) < 4.78 is 5.47. The molecule has 1 heterocycles. The van der Waals surface area contributed by atoms with Gasteiger partial charge in [-0.3, -0.25) is 0 Å². The van der Waals surface area contributed by atoms with Crippen LogP contribution in [0.1, 0.15) is 51.4 Å². The van der Waals surface area contributed by atoms with E-state index < -0.39 is 0 Å². The molecule has 4 heteroatoms. The van der Waals surface area contributed by atoms with Crippen LogP contribution in [0.3, 0.4) is 0 Å². The summed E-state index contributed by atoms with van der Waals surface area (Å²) in [6, 6.07) is 0.517. The van der Waals surface area contributed by atoms with Gasteiger partial charge in [0.05, 0.1) is 12.8 Å². The molecule has 2 aliphatic rings. The summed E-state index contributed by atoms with van der Waals surface area (Å²) in [7, 11) is 0. The minimum absolute atomic E-state index is 0.199. The Morgan fingerprint density at radius 2 is 2.00 bits per heavy atom. The summed E-state index contributed by atoms with van der Waals surface area (Å²) in [5.41, 5.74) is 5.94. The third-order valence-electron chi connectivity index (χ3n) is 3.69. The highest BCUT2D eigenvalue weighted by molar-refractivity contribution is 5.78. The molecule has 0 saturated heterocycles. The van der Waals surface area contributed by atoms with Crippen molar-refractivity contribution in [3.05, 3.63) is 12.3 Å². The van der Waals surface area contributed by atoms with E-state index in [0.717, 1.165) is 12.8 Å². The van der Waals surface area contributed by atoms with E-state index in [-0.39, 0.29) is 6.10 Å². The summed E-state index contributed by atoms with van der Waals surface area (Å²) in [5, 5.41) is 3.35. The number of nitrogens with one attached hydrogen (secondary N) is 1. The second-order valence-corrected chi connectivity index (χ2v) is 5.27. The maximum absolute atomic E-state index is 5.94. The van der Waals surface area contributed by atoms with Crippen LogP contribution >= 0.6 is 0 Å². The van der Waals surface area contributed by atoms with E-state index in [2.05, 4.69) is 10.3 Å². The zero-order valence-electron chi connectivity index (χ0n) is 11.1. The number of aliphatic imine (C=N–C) groups is 1. The molecule has 18 heavy (non-hydrogen) atoms. The lowest BCUT2D eigenvalue weighted by Gasteiger charge is -2.19. The molecule has 0 amide bonds. The van der Waals surface area contributed by atoms with E-state index in [1.54, 1.807) is 6.26 Å². The lowest BCUT2D eigenvalue weighted by Crippen LogP contribution is -2.40. The Hall–Kier alpha value is -1.19. The highest BCUT2D eigenvalue weighted by atomic mass is 16.5. The summed E-state index contributed by atoms with van der Waals surface area (Å²) >= 11 is 0. The van der Waals surface area contributed by atoms with Crippen molar-refractivity contribution in [3.63, 3.8) is 0 Å². The molecular weight excluding hydrogens is 226 g/mol. The molecule has 0 aromatic heterocycles. The molecule has 102 valence electrons. The zero-order chi connectivity index (χ0) is 12.6. The van der Waals surface area contributed by atoms with Crippen LogP contribution in [0, 0.1) is 0 Å². The van der Waals surface area contributed by atoms with Crippen LogP contribution in [-0.4, -0.2) is 24.7 Å². The smallest absolute Gasteiger partial charge is 0.188 e. The van der Waals surface area contributed by atoms with E-state index in [0.29, 0.717) is 18.5 Å².